The van der Waals surface area contributed by atoms with E-state index in [9.17, 15) is 4.79 Å². The Kier molecular flexibility index (Phi) is 5.72. The average molecular weight is 426 g/mol. The Labute approximate surface area is 181 Å². The summed E-state index contributed by atoms with van der Waals surface area (Å²) in [4.78, 5) is 21.1. The van der Waals surface area contributed by atoms with Crippen molar-refractivity contribution < 1.29 is 4.79 Å². The van der Waals surface area contributed by atoms with Crippen LogP contribution in [0.2, 0.25) is 0 Å². The van der Waals surface area contributed by atoms with Crippen molar-refractivity contribution in [1.29, 1.82) is 0 Å². The predicted octanol–water partition coefficient (Wildman–Crippen LogP) is 4.71. The molecule has 0 radical (unpaired) electrons. The number of carbonyl (C=O) groups excluding carboxylic acids is 1. The van der Waals surface area contributed by atoms with Crippen molar-refractivity contribution in [1.82, 2.24) is 9.88 Å². The van der Waals surface area contributed by atoms with Gasteiger partial charge in [-0.25, -0.2) is 4.98 Å². The summed E-state index contributed by atoms with van der Waals surface area (Å²) < 4.78 is 0. The van der Waals surface area contributed by atoms with Crippen molar-refractivity contribution in [3.05, 3.63) is 65.5 Å². The van der Waals surface area contributed by atoms with Gasteiger partial charge in [0.2, 0.25) is 0 Å². The van der Waals surface area contributed by atoms with Crippen molar-refractivity contribution in [3.63, 3.8) is 0 Å². The Morgan fingerprint density at radius 1 is 0.966 bits per heavy atom. The SMILES string of the molecule is Cl.NC1CCC2CN(C(=O)c3sc(-c4ccccc4)nc3-c3ccccc3)CC12. The minimum absolute atomic E-state index is 0. The van der Waals surface area contributed by atoms with Crippen LogP contribution in [0.15, 0.2) is 60.7 Å². The average Bonchev–Trinajstić information content (AvgIpc) is 3.45. The highest BCUT2D eigenvalue weighted by atomic mass is 35.5. The third kappa shape index (κ3) is 3.70. The number of amides is 1. The van der Waals surface area contributed by atoms with Crippen LogP contribution >= 0.6 is 23.7 Å². The second kappa shape index (κ2) is 8.27. The molecule has 2 heterocycles. The monoisotopic (exact) mass is 425 g/mol. The van der Waals surface area contributed by atoms with Gasteiger partial charge in [0.05, 0.1) is 5.69 Å². The molecule has 2 aromatic carbocycles. The van der Waals surface area contributed by atoms with E-state index < -0.39 is 0 Å². The lowest BCUT2D eigenvalue weighted by Gasteiger charge is -2.18. The number of nitrogens with zero attached hydrogens (tertiary/aromatic N) is 2. The highest BCUT2D eigenvalue weighted by Crippen LogP contribution is 2.40. The number of benzene rings is 2. The summed E-state index contributed by atoms with van der Waals surface area (Å²) in [6.45, 7) is 1.60. The van der Waals surface area contributed by atoms with Gasteiger partial charge >= 0.3 is 0 Å². The molecule has 2 aliphatic rings. The molecule has 1 saturated carbocycles. The maximum atomic E-state index is 13.5. The first-order chi connectivity index (χ1) is 13.7. The van der Waals surface area contributed by atoms with E-state index in [1.165, 1.54) is 11.3 Å². The van der Waals surface area contributed by atoms with Crippen LogP contribution in [-0.2, 0) is 0 Å². The van der Waals surface area contributed by atoms with E-state index in [4.69, 9.17) is 10.7 Å². The molecule has 1 saturated heterocycles. The normalized spacial score (nSPS) is 22.9. The highest BCUT2D eigenvalue weighted by Gasteiger charge is 2.43. The molecule has 150 valence electrons. The van der Waals surface area contributed by atoms with Crippen molar-refractivity contribution in [2.45, 2.75) is 18.9 Å². The zero-order valence-electron chi connectivity index (χ0n) is 16.0. The summed E-state index contributed by atoms with van der Waals surface area (Å²) in [6, 6.07) is 20.3. The maximum Gasteiger partial charge on any atom is 0.266 e. The summed E-state index contributed by atoms with van der Waals surface area (Å²) in [5.74, 6) is 1.10. The lowest BCUT2D eigenvalue weighted by molar-refractivity contribution is 0.0785. The molecule has 1 aliphatic carbocycles. The lowest BCUT2D eigenvalue weighted by Crippen LogP contribution is -2.33. The molecule has 2 N–H and O–H groups in total. The molecule has 5 rings (SSSR count). The molecule has 3 aromatic rings. The number of rotatable bonds is 3. The maximum absolute atomic E-state index is 13.5. The first-order valence-electron chi connectivity index (χ1n) is 9.87. The van der Waals surface area contributed by atoms with Gasteiger partial charge in [0, 0.05) is 30.3 Å². The van der Waals surface area contributed by atoms with E-state index >= 15 is 0 Å². The minimum Gasteiger partial charge on any atom is -0.337 e. The van der Waals surface area contributed by atoms with Crippen LogP contribution in [0.1, 0.15) is 22.5 Å². The first kappa shape index (κ1) is 20.1. The molecular weight excluding hydrogens is 402 g/mol. The van der Waals surface area contributed by atoms with Gasteiger partial charge in [0.25, 0.3) is 5.91 Å². The van der Waals surface area contributed by atoms with E-state index in [1.54, 1.807) is 0 Å². The van der Waals surface area contributed by atoms with E-state index in [1.807, 2.05) is 65.6 Å². The highest BCUT2D eigenvalue weighted by molar-refractivity contribution is 7.17. The lowest BCUT2D eigenvalue weighted by atomic mass is 9.98. The van der Waals surface area contributed by atoms with Crippen LogP contribution in [0, 0.1) is 11.8 Å². The standard InChI is InChI=1S/C23H23N3OS.ClH/c24-19-12-11-17-13-26(14-18(17)19)23(27)21-20(15-7-3-1-4-8-15)25-22(28-21)16-9-5-2-6-10-16;/h1-10,17-19H,11-14,24H2;1H. The van der Waals surface area contributed by atoms with Gasteiger partial charge < -0.3 is 10.6 Å². The molecule has 3 atom stereocenters. The van der Waals surface area contributed by atoms with Gasteiger partial charge in [-0.1, -0.05) is 60.7 Å². The fourth-order valence-electron chi connectivity index (χ4n) is 4.58. The number of likely N-dealkylation sites (tertiary alicyclic amines) is 1. The van der Waals surface area contributed by atoms with Gasteiger partial charge in [-0.05, 0) is 24.7 Å². The Bertz CT molecular complexity index is 992. The van der Waals surface area contributed by atoms with Crippen molar-refractivity contribution in [3.8, 4) is 21.8 Å². The number of nitrogens with two attached hydrogens (primary N) is 1. The number of hydrogen-bond acceptors (Lipinski definition) is 4. The molecule has 4 nitrogen and oxygen atoms in total. The van der Waals surface area contributed by atoms with Crippen LogP contribution in [0.25, 0.3) is 21.8 Å². The number of hydrogen-bond donors (Lipinski definition) is 1. The second-order valence-corrected chi connectivity index (χ2v) is 8.80. The van der Waals surface area contributed by atoms with Crippen molar-refractivity contribution in [2.24, 2.45) is 17.6 Å². The van der Waals surface area contributed by atoms with E-state index in [2.05, 4.69) is 0 Å². The summed E-state index contributed by atoms with van der Waals surface area (Å²) in [7, 11) is 0. The Balaban J connectivity index is 0.00000205. The van der Waals surface area contributed by atoms with Crippen molar-refractivity contribution >= 4 is 29.7 Å². The van der Waals surface area contributed by atoms with Gasteiger partial charge in [0.15, 0.2) is 0 Å². The van der Waals surface area contributed by atoms with Crippen LogP contribution < -0.4 is 5.73 Å². The third-order valence-corrected chi connectivity index (χ3v) is 7.18. The van der Waals surface area contributed by atoms with Crippen LogP contribution in [-0.4, -0.2) is 34.9 Å². The zero-order valence-corrected chi connectivity index (χ0v) is 17.7. The molecule has 3 unspecified atom stereocenters. The number of halogens is 1. The summed E-state index contributed by atoms with van der Waals surface area (Å²) in [5, 5.41) is 0.888. The molecular formula is C23H24ClN3OS. The molecule has 1 aromatic heterocycles. The number of carbonyl (C=O) groups is 1. The molecule has 2 fully saturated rings. The predicted molar refractivity (Wildman–Crippen MR) is 120 cm³/mol. The van der Waals surface area contributed by atoms with E-state index in [0.717, 1.165) is 52.6 Å². The second-order valence-electron chi connectivity index (χ2n) is 7.80. The fraction of sp³-hybridized carbons (Fsp3) is 0.304. The summed E-state index contributed by atoms with van der Waals surface area (Å²) in [6.07, 6.45) is 2.23. The Morgan fingerprint density at radius 3 is 2.28 bits per heavy atom. The Hall–Kier alpha value is -2.21. The van der Waals surface area contributed by atoms with E-state index in [-0.39, 0.29) is 24.4 Å². The number of fused-ring (bicyclic) bond motifs is 1. The first-order valence-corrected chi connectivity index (χ1v) is 10.7. The van der Waals surface area contributed by atoms with Crippen molar-refractivity contribution in [2.75, 3.05) is 13.1 Å². The fourth-order valence-corrected chi connectivity index (χ4v) is 5.64. The molecule has 1 aliphatic heterocycles. The minimum atomic E-state index is 0. The van der Waals surface area contributed by atoms with Gasteiger partial charge in [-0.3, -0.25) is 4.79 Å². The smallest absolute Gasteiger partial charge is 0.266 e. The zero-order chi connectivity index (χ0) is 19.1. The van der Waals surface area contributed by atoms with E-state index in [0.29, 0.717) is 11.8 Å². The molecule has 6 heteroatoms. The molecule has 0 bridgehead atoms. The third-order valence-electron chi connectivity index (χ3n) is 6.09. The molecule has 0 spiro atoms. The van der Waals surface area contributed by atoms with Gasteiger partial charge in [-0.15, -0.1) is 23.7 Å². The van der Waals surface area contributed by atoms with Crippen LogP contribution in [0.5, 0.6) is 0 Å². The Morgan fingerprint density at radius 2 is 1.62 bits per heavy atom. The van der Waals surface area contributed by atoms with Gasteiger partial charge in [0.1, 0.15) is 9.88 Å². The van der Waals surface area contributed by atoms with Crippen LogP contribution in [0.4, 0.5) is 0 Å². The number of thiazole rings is 1. The van der Waals surface area contributed by atoms with Crippen LogP contribution in [0.3, 0.4) is 0 Å². The molecule has 1 amide bonds. The summed E-state index contributed by atoms with van der Waals surface area (Å²) >= 11 is 1.50. The number of aromatic nitrogens is 1. The van der Waals surface area contributed by atoms with Gasteiger partial charge in [-0.2, -0.15) is 0 Å². The quantitative estimate of drug-likeness (QED) is 0.661. The largest absolute Gasteiger partial charge is 0.337 e. The topological polar surface area (TPSA) is 59.2 Å². The molecule has 29 heavy (non-hydrogen) atoms. The summed E-state index contributed by atoms with van der Waals surface area (Å²) in [5.41, 5.74) is 9.09.